The first-order valence-electron chi connectivity index (χ1n) is 7.28. The number of rotatable bonds is 9. The molecule has 0 aliphatic heterocycles. The fourth-order valence-corrected chi connectivity index (χ4v) is 3.90. The highest BCUT2D eigenvalue weighted by molar-refractivity contribution is 7.91. The number of hydrogen-bond acceptors (Lipinski definition) is 5. The predicted octanol–water partition coefficient (Wildman–Crippen LogP) is -0.0964. The molecule has 1 aliphatic rings. The number of aliphatic hydroxyl groups excluding tert-OH is 1. The number of nitrogens with zero attached hydrogens (tertiary/aromatic N) is 1. The summed E-state index contributed by atoms with van der Waals surface area (Å²) in [4.78, 5) is 12.7. The Hall–Kier alpha value is -0.660. The molecule has 0 aromatic heterocycles. The van der Waals surface area contributed by atoms with Gasteiger partial charge in [0, 0.05) is 25.6 Å². The van der Waals surface area contributed by atoms with Crippen LogP contribution in [-0.2, 0) is 14.6 Å². The van der Waals surface area contributed by atoms with Crippen molar-refractivity contribution in [3.8, 4) is 0 Å². The van der Waals surface area contributed by atoms with Gasteiger partial charge < -0.3 is 10.8 Å². The third-order valence-corrected chi connectivity index (χ3v) is 5.46. The second-order valence-electron chi connectivity index (χ2n) is 5.42. The number of amides is 1. The van der Waals surface area contributed by atoms with E-state index in [0.717, 1.165) is 12.8 Å². The van der Waals surface area contributed by atoms with E-state index in [4.69, 9.17) is 10.8 Å². The van der Waals surface area contributed by atoms with Crippen molar-refractivity contribution in [3.63, 3.8) is 0 Å². The van der Waals surface area contributed by atoms with Gasteiger partial charge in [-0.05, 0) is 12.8 Å². The Morgan fingerprint density at radius 2 is 1.80 bits per heavy atom. The van der Waals surface area contributed by atoms with E-state index in [-0.39, 0.29) is 24.5 Å². The first-order valence-corrected chi connectivity index (χ1v) is 9.10. The van der Waals surface area contributed by atoms with Gasteiger partial charge in [0.1, 0.15) is 0 Å². The molecule has 1 saturated carbocycles. The highest BCUT2D eigenvalue weighted by atomic mass is 32.2. The van der Waals surface area contributed by atoms with E-state index >= 15 is 0 Å². The molecule has 0 atom stereocenters. The highest BCUT2D eigenvalue weighted by Gasteiger charge is 2.22. The quantitative estimate of drug-likeness (QED) is 0.620. The fraction of sp³-hybridized carbons (Fsp3) is 0.923. The van der Waals surface area contributed by atoms with Crippen molar-refractivity contribution in [2.45, 2.75) is 44.6 Å². The van der Waals surface area contributed by atoms with Crippen LogP contribution in [-0.4, -0.2) is 61.6 Å². The molecule has 118 valence electrons. The zero-order chi connectivity index (χ0) is 15.0. The zero-order valence-electron chi connectivity index (χ0n) is 12.0. The molecule has 0 bridgehead atoms. The first kappa shape index (κ1) is 17.4. The second kappa shape index (κ2) is 8.59. The van der Waals surface area contributed by atoms with Crippen molar-refractivity contribution in [2.75, 3.05) is 31.2 Å². The van der Waals surface area contributed by atoms with Crippen molar-refractivity contribution in [3.05, 3.63) is 0 Å². The van der Waals surface area contributed by atoms with Crippen LogP contribution in [0.2, 0.25) is 0 Å². The fourth-order valence-electron chi connectivity index (χ4n) is 2.67. The van der Waals surface area contributed by atoms with E-state index in [1.807, 2.05) is 0 Å². The lowest BCUT2D eigenvalue weighted by Gasteiger charge is -2.33. The SMILES string of the molecule is NC(=O)CCS(=O)(=O)CCN(CCO)C1CCCCC1. The molecule has 0 aromatic rings. The predicted molar refractivity (Wildman–Crippen MR) is 78.0 cm³/mol. The lowest BCUT2D eigenvalue weighted by atomic mass is 9.94. The Morgan fingerprint density at radius 3 is 2.35 bits per heavy atom. The van der Waals surface area contributed by atoms with E-state index in [1.54, 1.807) is 0 Å². The van der Waals surface area contributed by atoms with Gasteiger partial charge in [-0.25, -0.2) is 8.42 Å². The average Bonchev–Trinajstić information content (AvgIpc) is 2.42. The van der Waals surface area contributed by atoms with Gasteiger partial charge in [0.05, 0.1) is 18.1 Å². The Morgan fingerprint density at radius 1 is 1.15 bits per heavy atom. The number of carbonyl (C=O) groups excluding carboxylic acids is 1. The molecule has 0 spiro atoms. The van der Waals surface area contributed by atoms with Gasteiger partial charge in [-0.3, -0.25) is 9.69 Å². The molecule has 0 radical (unpaired) electrons. The van der Waals surface area contributed by atoms with Gasteiger partial charge in [0.25, 0.3) is 0 Å². The number of carbonyl (C=O) groups is 1. The lowest BCUT2D eigenvalue weighted by Crippen LogP contribution is -2.41. The van der Waals surface area contributed by atoms with Crippen LogP contribution in [0.3, 0.4) is 0 Å². The van der Waals surface area contributed by atoms with Crippen molar-refractivity contribution < 1.29 is 18.3 Å². The molecule has 1 fully saturated rings. The molecule has 0 unspecified atom stereocenters. The Kier molecular flexibility index (Phi) is 7.47. The maximum Gasteiger partial charge on any atom is 0.218 e. The molecule has 20 heavy (non-hydrogen) atoms. The zero-order valence-corrected chi connectivity index (χ0v) is 12.8. The summed E-state index contributed by atoms with van der Waals surface area (Å²) >= 11 is 0. The maximum absolute atomic E-state index is 11.8. The molecular formula is C13H26N2O4S. The molecule has 1 aliphatic carbocycles. The van der Waals surface area contributed by atoms with Gasteiger partial charge in [0.2, 0.25) is 5.91 Å². The van der Waals surface area contributed by atoms with E-state index in [9.17, 15) is 13.2 Å². The minimum Gasteiger partial charge on any atom is -0.395 e. The molecular weight excluding hydrogens is 280 g/mol. The summed E-state index contributed by atoms with van der Waals surface area (Å²) in [6.45, 7) is 0.972. The van der Waals surface area contributed by atoms with Crippen LogP contribution in [0.5, 0.6) is 0 Å². The molecule has 1 rings (SSSR count). The normalized spacial score (nSPS) is 17.5. The van der Waals surface area contributed by atoms with Crippen LogP contribution in [0.1, 0.15) is 38.5 Å². The number of aliphatic hydroxyl groups is 1. The Balaban J connectivity index is 2.46. The monoisotopic (exact) mass is 306 g/mol. The minimum absolute atomic E-state index is 0.0246. The topological polar surface area (TPSA) is 101 Å². The largest absolute Gasteiger partial charge is 0.395 e. The molecule has 0 aromatic carbocycles. The van der Waals surface area contributed by atoms with Crippen molar-refractivity contribution in [1.29, 1.82) is 0 Å². The molecule has 7 heteroatoms. The third kappa shape index (κ3) is 6.67. The average molecular weight is 306 g/mol. The Bertz CT molecular complexity index is 391. The van der Waals surface area contributed by atoms with E-state index in [0.29, 0.717) is 19.1 Å². The molecule has 0 heterocycles. The summed E-state index contributed by atoms with van der Waals surface area (Å²) in [5, 5.41) is 9.12. The van der Waals surface area contributed by atoms with Gasteiger partial charge in [-0.2, -0.15) is 0 Å². The van der Waals surface area contributed by atoms with Gasteiger partial charge >= 0.3 is 0 Å². The van der Waals surface area contributed by atoms with Gasteiger partial charge in [0.15, 0.2) is 9.84 Å². The highest BCUT2D eigenvalue weighted by Crippen LogP contribution is 2.22. The summed E-state index contributed by atoms with van der Waals surface area (Å²) < 4.78 is 23.7. The smallest absolute Gasteiger partial charge is 0.218 e. The van der Waals surface area contributed by atoms with Crippen LogP contribution in [0.4, 0.5) is 0 Å². The number of hydrogen-bond donors (Lipinski definition) is 2. The van der Waals surface area contributed by atoms with E-state index < -0.39 is 15.7 Å². The summed E-state index contributed by atoms with van der Waals surface area (Å²) in [6, 6.07) is 0.377. The minimum atomic E-state index is -3.25. The summed E-state index contributed by atoms with van der Waals surface area (Å²) in [7, 11) is -3.25. The lowest BCUT2D eigenvalue weighted by molar-refractivity contribution is -0.117. The van der Waals surface area contributed by atoms with Gasteiger partial charge in [-0.15, -0.1) is 0 Å². The Labute approximate surface area is 121 Å². The van der Waals surface area contributed by atoms with E-state index in [1.165, 1.54) is 19.3 Å². The second-order valence-corrected chi connectivity index (χ2v) is 7.72. The summed E-state index contributed by atoms with van der Waals surface area (Å²) in [6.07, 6.45) is 5.59. The molecule has 6 nitrogen and oxygen atoms in total. The number of nitrogens with two attached hydrogens (primary N) is 1. The number of sulfone groups is 1. The van der Waals surface area contributed by atoms with Crippen LogP contribution in [0, 0.1) is 0 Å². The third-order valence-electron chi connectivity index (χ3n) is 3.83. The van der Waals surface area contributed by atoms with Crippen LogP contribution >= 0.6 is 0 Å². The van der Waals surface area contributed by atoms with Crippen LogP contribution in [0.15, 0.2) is 0 Å². The molecule has 0 saturated heterocycles. The van der Waals surface area contributed by atoms with E-state index in [2.05, 4.69) is 4.90 Å². The van der Waals surface area contributed by atoms with Crippen molar-refractivity contribution >= 4 is 15.7 Å². The molecule has 1 amide bonds. The summed E-state index contributed by atoms with van der Waals surface area (Å²) in [5.41, 5.74) is 4.97. The van der Waals surface area contributed by atoms with Crippen LogP contribution in [0.25, 0.3) is 0 Å². The standard InChI is InChI=1S/C13H26N2O4S/c14-13(17)6-10-20(18,19)11-8-15(7-9-16)12-4-2-1-3-5-12/h12,16H,1-11H2,(H2,14,17). The van der Waals surface area contributed by atoms with Gasteiger partial charge in [-0.1, -0.05) is 19.3 Å². The van der Waals surface area contributed by atoms with Crippen molar-refractivity contribution in [2.24, 2.45) is 5.73 Å². The number of primary amides is 1. The van der Waals surface area contributed by atoms with Crippen LogP contribution < -0.4 is 5.73 Å². The molecule has 3 N–H and O–H groups in total. The maximum atomic E-state index is 11.8. The summed E-state index contributed by atoms with van der Waals surface area (Å²) in [5.74, 6) is -0.746. The van der Waals surface area contributed by atoms with Crippen molar-refractivity contribution in [1.82, 2.24) is 4.90 Å². The first-order chi connectivity index (χ1) is 9.44.